The predicted molar refractivity (Wildman–Crippen MR) is 62.2 cm³/mol. The van der Waals surface area contributed by atoms with Crippen molar-refractivity contribution < 1.29 is 9.53 Å². The molecule has 4 unspecified atom stereocenters. The fraction of sp³-hybridized carbons (Fsp3) is 0.917. The van der Waals surface area contributed by atoms with Crippen LogP contribution in [-0.2, 0) is 9.53 Å². The normalized spacial score (nSPS) is 40.1. The molecule has 2 fully saturated rings. The summed E-state index contributed by atoms with van der Waals surface area (Å²) in [4.78, 5) is 14.3. The van der Waals surface area contributed by atoms with E-state index in [4.69, 9.17) is 4.74 Å². The number of ether oxygens (including phenoxy) is 1. The second kappa shape index (κ2) is 4.72. The Bertz CT molecular complexity index is 270. The Balaban J connectivity index is 2.02. The van der Waals surface area contributed by atoms with Crippen molar-refractivity contribution in [2.75, 3.05) is 19.7 Å². The summed E-state index contributed by atoms with van der Waals surface area (Å²) < 4.78 is 5.55. The highest BCUT2D eigenvalue weighted by atomic mass is 16.5. The number of hydrogen-bond donors (Lipinski definition) is 1. The molecule has 1 N–H and O–H groups in total. The van der Waals surface area contributed by atoms with Gasteiger partial charge in [0.05, 0.1) is 0 Å². The molecular formula is C12H22N2O2. The molecule has 4 atom stereocenters. The van der Waals surface area contributed by atoms with Crippen LogP contribution in [0.4, 0.5) is 0 Å². The first-order valence-corrected chi connectivity index (χ1v) is 6.25. The highest BCUT2D eigenvalue weighted by molar-refractivity contribution is 5.82. The Morgan fingerprint density at radius 1 is 1.38 bits per heavy atom. The fourth-order valence-electron chi connectivity index (χ4n) is 2.50. The summed E-state index contributed by atoms with van der Waals surface area (Å²) >= 11 is 0. The molecule has 0 aromatic rings. The van der Waals surface area contributed by atoms with Crippen LogP contribution in [0.3, 0.4) is 0 Å². The van der Waals surface area contributed by atoms with E-state index in [1.165, 1.54) is 0 Å². The average molecular weight is 226 g/mol. The molecule has 4 heteroatoms. The van der Waals surface area contributed by atoms with Crippen molar-refractivity contribution >= 4 is 5.91 Å². The Kier molecular flexibility index (Phi) is 3.50. The van der Waals surface area contributed by atoms with Crippen molar-refractivity contribution in [1.82, 2.24) is 10.2 Å². The molecule has 1 amide bonds. The number of carbonyl (C=O) groups is 1. The van der Waals surface area contributed by atoms with Crippen LogP contribution in [0.2, 0.25) is 0 Å². The lowest BCUT2D eigenvalue weighted by atomic mass is 10.0. The summed E-state index contributed by atoms with van der Waals surface area (Å²) in [6, 6.07) is 0.664. The van der Waals surface area contributed by atoms with Gasteiger partial charge in [-0.05, 0) is 26.2 Å². The van der Waals surface area contributed by atoms with Gasteiger partial charge in [0.1, 0.15) is 6.10 Å². The van der Waals surface area contributed by atoms with E-state index in [9.17, 15) is 4.79 Å². The molecule has 0 aromatic carbocycles. The summed E-state index contributed by atoms with van der Waals surface area (Å²) in [5, 5.41) is 3.38. The zero-order valence-electron chi connectivity index (χ0n) is 10.4. The highest BCUT2D eigenvalue weighted by Gasteiger charge is 2.37. The van der Waals surface area contributed by atoms with Gasteiger partial charge >= 0.3 is 0 Å². The molecule has 2 rings (SSSR count). The van der Waals surface area contributed by atoms with E-state index in [2.05, 4.69) is 26.1 Å². The molecule has 4 nitrogen and oxygen atoms in total. The lowest BCUT2D eigenvalue weighted by molar-refractivity contribution is -0.146. The maximum atomic E-state index is 12.3. The van der Waals surface area contributed by atoms with Crippen molar-refractivity contribution in [3.8, 4) is 0 Å². The van der Waals surface area contributed by atoms with Gasteiger partial charge in [0.15, 0.2) is 0 Å². The maximum Gasteiger partial charge on any atom is 0.252 e. The quantitative estimate of drug-likeness (QED) is 0.712. The minimum Gasteiger partial charge on any atom is -0.368 e. The molecule has 0 bridgehead atoms. The van der Waals surface area contributed by atoms with Crippen LogP contribution in [0.15, 0.2) is 0 Å². The van der Waals surface area contributed by atoms with Gasteiger partial charge in [-0.1, -0.05) is 6.92 Å². The van der Waals surface area contributed by atoms with E-state index < -0.39 is 0 Å². The first-order valence-electron chi connectivity index (χ1n) is 6.25. The first kappa shape index (κ1) is 11.9. The summed E-state index contributed by atoms with van der Waals surface area (Å²) in [6.07, 6.45) is 0.805. The minimum absolute atomic E-state index is 0.186. The van der Waals surface area contributed by atoms with E-state index in [1.54, 1.807) is 0 Å². The van der Waals surface area contributed by atoms with Gasteiger partial charge in [0, 0.05) is 31.8 Å². The van der Waals surface area contributed by atoms with E-state index in [1.807, 2.05) is 4.90 Å². The van der Waals surface area contributed by atoms with Gasteiger partial charge in [0.25, 0.3) is 5.91 Å². The molecule has 0 spiro atoms. The van der Waals surface area contributed by atoms with Crippen LogP contribution in [0.5, 0.6) is 0 Å². The lowest BCUT2D eigenvalue weighted by Crippen LogP contribution is -2.58. The summed E-state index contributed by atoms with van der Waals surface area (Å²) in [6.45, 7) is 8.72. The van der Waals surface area contributed by atoms with Gasteiger partial charge in [-0.2, -0.15) is 0 Å². The number of rotatable bonds is 1. The molecule has 0 radical (unpaired) electrons. The van der Waals surface area contributed by atoms with Crippen molar-refractivity contribution in [3.05, 3.63) is 0 Å². The van der Waals surface area contributed by atoms with Crippen LogP contribution in [0, 0.1) is 5.92 Å². The Hall–Kier alpha value is -0.610. The molecule has 2 aliphatic heterocycles. The Labute approximate surface area is 97.3 Å². The average Bonchev–Trinajstić information content (AvgIpc) is 2.67. The Morgan fingerprint density at radius 3 is 2.75 bits per heavy atom. The van der Waals surface area contributed by atoms with Crippen LogP contribution < -0.4 is 5.32 Å². The maximum absolute atomic E-state index is 12.3. The smallest absolute Gasteiger partial charge is 0.252 e. The van der Waals surface area contributed by atoms with E-state index in [0.29, 0.717) is 12.0 Å². The van der Waals surface area contributed by atoms with Crippen molar-refractivity contribution in [2.45, 2.75) is 45.4 Å². The number of nitrogens with one attached hydrogen (secondary N) is 1. The number of piperazine rings is 1. The molecule has 2 heterocycles. The standard InChI is InChI=1S/C12H22N2O2/c1-8-4-5-16-11(8)12(15)14-7-9(2)13-6-10(14)3/h8-11,13H,4-7H2,1-3H3. The third-order valence-corrected chi connectivity index (χ3v) is 3.68. The number of amides is 1. The molecule has 0 aromatic heterocycles. The van der Waals surface area contributed by atoms with E-state index in [0.717, 1.165) is 26.1 Å². The van der Waals surface area contributed by atoms with Crippen molar-refractivity contribution in [2.24, 2.45) is 5.92 Å². The zero-order valence-corrected chi connectivity index (χ0v) is 10.4. The number of hydrogen-bond acceptors (Lipinski definition) is 3. The molecule has 16 heavy (non-hydrogen) atoms. The van der Waals surface area contributed by atoms with Gasteiger partial charge in [-0.25, -0.2) is 0 Å². The third-order valence-electron chi connectivity index (χ3n) is 3.68. The summed E-state index contributed by atoms with van der Waals surface area (Å²) in [5.41, 5.74) is 0. The second-order valence-electron chi connectivity index (χ2n) is 5.21. The predicted octanol–water partition coefficient (Wildman–Crippen LogP) is 0.620. The van der Waals surface area contributed by atoms with Crippen molar-refractivity contribution in [3.63, 3.8) is 0 Å². The van der Waals surface area contributed by atoms with Crippen LogP contribution in [0.25, 0.3) is 0 Å². The summed E-state index contributed by atoms with van der Waals surface area (Å²) in [7, 11) is 0. The molecule has 92 valence electrons. The van der Waals surface area contributed by atoms with E-state index >= 15 is 0 Å². The molecular weight excluding hydrogens is 204 g/mol. The number of nitrogens with zero attached hydrogens (tertiary/aromatic N) is 1. The SMILES string of the molecule is CC1CN(C(=O)C2OCCC2C)C(C)CN1. The molecule has 0 saturated carbocycles. The van der Waals surface area contributed by atoms with Crippen LogP contribution in [-0.4, -0.2) is 48.7 Å². The second-order valence-corrected chi connectivity index (χ2v) is 5.21. The zero-order chi connectivity index (χ0) is 11.7. The van der Waals surface area contributed by atoms with Gasteiger partial charge < -0.3 is 15.0 Å². The molecule has 2 aliphatic rings. The molecule has 0 aliphatic carbocycles. The highest BCUT2D eigenvalue weighted by Crippen LogP contribution is 2.23. The minimum atomic E-state index is -0.201. The van der Waals surface area contributed by atoms with Gasteiger partial charge in [-0.15, -0.1) is 0 Å². The first-order chi connectivity index (χ1) is 7.59. The van der Waals surface area contributed by atoms with Gasteiger partial charge in [-0.3, -0.25) is 4.79 Å². The topological polar surface area (TPSA) is 41.6 Å². The Morgan fingerprint density at radius 2 is 2.12 bits per heavy atom. The largest absolute Gasteiger partial charge is 0.368 e. The van der Waals surface area contributed by atoms with Gasteiger partial charge in [0.2, 0.25) is 0 Å². The van der Waals surface area contributed by atoms with E-state index in [-0.39, 0.29) is 18.1 Å². The number of carbonyl (C=O) groups excluding carboxylic acids is 1. The summed E-state index contributed by atoms with van der Waals surface area (Å²) in [5.74, 6) is 0.552. The van der Waals surface area contributed by atoms with Crippen LogP contribution >= 0.6 is 0 Å². The lowest BCUT2D eigenvalue weighted by Gasteiger charge is -2.39. The van der Waals surface area contributed by atoms with Crippen molar-refractivity contribution in [1.29, 1.82) is 0 Å². The van der Waals surface area contributed by atoms with Crippen LogP contribution in [0.1, 0.15) is 27.2 Å². The molecule has 2 saturated heterocycles. The third kappa shape index (κ3) is 2.23. The fourth-order valence-corrected chi connectivity index (χ4v) is 2.50. The monoisotopic (exact) mass is 226 g/mol.